The van der Waals surface area contributed by atoms with Crippen LogP contribution in [0.2, 0.25) is 0 Å². The van der Waals surface area contributed by atoms with Crippen molar-refractivity contribution in [1.82, 2.24) is 14.3 Å². The minimum absolute atomic E-state index is 0.124. The summed E-state index contributed by atoms with van der Waals surface area (Å²) in [6, 6.07) is 23.8. The molecule has 2 aromatic carbocycles. The Balaban J connectivity index is 1.77. The van der Waals surface area contributed by atoms with Gasteiger partial charge in [0.15, 0.2) is 0 Å². The Morgan fingerprint density at radius 1 is 0.906 bits per heavy atom. The van der Waals surface area contributed by atoms with Crippen LogP contribution in [-0.4, -0.2) is 20.3 Å². The molecule has 4 aromatic rings. The molecule has 0 unspecified atom stereocenters. The fraction of sp³-hybridized carbons (Fsp3) is 0.321. The topological polar surface area (TPSA) is 46.6 Å². The zero-order valence-electron chi connectivity index (χ0n) is 19.8. The number of aromatic nitrogens is 2. The van der Waals surface area contributed by atoms with Crippen LogP contribution >= 0.6 is 0 Å². The molecular formula is C28H34N4. The molecule has 4 heteroatoms. The predicted molar refractivity (Wildman–Crippen MR) is 135 cm³/mol. The summed E-state index contributed by atoms with van der Waals surface area (Å²) in [4.78, 5) is 7.50. The third-order valence-corrected chi connectivity index (χ3v) is 6.08. The van der Waals surface area contributed by atoms with Gasteiger partial charge in [-0.15, -0.1) is 0 Å². The minimum Gasteiger partial charge on any atom is -0.398 e. The lowest BCUT2D eigenvalue weighted by Gasteiger charge is -2.27. The molecule has 2 heterocycles. The molecule has 2 N–H and O–H groups in total. The van der Waals surface area contributed by atoms with Crippen LogP contribution in [0.25, 0.3) is 16.9 Å². The number of pyridine rings is 1. The van der Waals surface area contributed by atoms with Crippen LogP contribution in [0.5, 0.6) is 0 Å². The minimum atomic E-state index is 0.124. The molecule has 0 fully saturated rings. The SMILES string of the molecule is CC(C)N(Cc1ccccc1)Cc1c(-c2ccc(C(C)(C)C)cc2)nc2ccc(N)cn12. The first-order chi connectivity index (χ1) is 15.2. The Morgan fingerprint density at radius 2 is 1.59 bits per heavy atom. The Bertz CT molecular complexity index is 1180. The molecule has 0 saturated heterocycles. The van der Waals surface area contributed by atoms with Crippen molar-refractivity contribution in [1.29, 1.82) is 0 Å². The maximum atomic E-state index is 6.16. The van der Waals surface area contributed by atoms with Crippen molar-refractivity contribution < 1.29 is 0 Å². The van der Waals surface area contributed by atoms with Gasteiger partial charge in [-0.25, -0.2) is 4.98 Å². The second-order valence-corrected chi connectivity index (χ2v) is 9.91. The van der Waals surface area contributed by atoms with Gasteiger partial charge in [-0.3, -0.25) is 4.90 Å². The molecule has 0 atom stereocenters. The number of rotatable bonds is 6. The predicted octanol–water partition coefficient (Wildman–Crippen LogP) is 6.29. The second-order valence-electron chi connectivity index (χ2n) is 9.91. The Kier molecular flexibility index (Phi) is 6.07. The lowest BCUT2D eigenvalue weighted by Crippen LogP contribution is -2.30. The van der Waals surface area contributed by atoms with Gasteiger partial charge in [0, 0.05) is 36.6 Å². The Hall–Kier alpha value is -3.11. The highest BCUT2D eigenvalue weighted by Gasteiger charge is 2.20. The number of benzene rings is 2. The largest absolute Gasteiger partial charge is 0.398 e. The van der Waals surface area contributed by atoms with Crippen molar-refractivity contribution >= 4 is 11.3 Å². The van der Waals surface area contributed by atoms with E-state index in [2.05, 4.69) is 98.5 Å². The summed E-state index contributed by atoms with van der Waals surface area (Å²) in [7, 11) is 0. The molecule has 0 bridgehead atoms. The number of nitrogen functional groups attached to an aromatic ring is 1. The highest BCUT2D eigenvalue weighted by Crippen LogP contribution is 2.30. The molecule has 0 amide bonds. The van der Waals surface area contributed by atoms with Gasteiger partial charge in [0.2, 0.25) is 0 Å². The van der Waals surface area contributed by atoms with Crippen LogP contribution < -0.4 is 5.73 Å². The number of hydrogen-bond acceptors (Lipinski definition) is 3. The van der Waals surface area contributed by atoms with E-state index in [0.717, 1.165) is 35.7 Å². The number of fused-ring (bicyclic) bond motifs is 1. The van der Waals surface area contributed by atoms with E-state index in [4.69, 9.17) is 10.7 Å². The van der Waals surface area contributed by atoms with Crippen LogP contribution in [0.3, 0.4) is 0 Å². The van der Waals surface area contributed by atoms with Crippen LogP contribution in [-0.2, 0) is 18.5 Å². The van der Waals surface area contributed by atoms with Gasteiger partial charge in [-0.1, -0.05) is 75.4 Å². The van der Waals surface area contributed by atoms with E-state index in [1.807, 2.05) is 18.3 Å². The molecule has 4 nitrogen and oxygen atoms in total. The fourth-order valence-electron chi connectivity index (χ4n) is 4.05. The molecular weight excluding hydrogens is 392 g/mol. The molecule has 0 radical (unpaired) electrons. The molecule has 0 aliphatic rings. The van der Waals surface area contributed by atoms with Crippen molar-refractivity contribution in [3.63, 3.8) is 0 Å². The van der Waals surface area contributed by atoms with Gasteiger partial charge < -0.3 is 10.1 Å². The standard InChI is InChI=1S/C28H34N4/c1-20(2)31(17-21-9-7-6-8-10-21)19-25-27(30-26-16-15-24(29)18-32(25)26)22-11-13-23(14-12-22)28(3,4)5/h6-16,18,20H,17,19,29H2,1-5H3. The van der Waals surface area contributed by atoms with E-state index in [1.165, 1.54) is 16.8 Å². The van der Waals surface area contributed by atoms with Crippen molar-refractivity contribution in [3.8, 4) is 11.3 Å². The number of anilines is 1. The number of nitrogens with zero attached hydrogens (tertiary/aromatic N) is 3. The molecule has 166 valence electrons. The molecule has 2 aromatic heterocycles. The van der Waals surface area contributed by atoms with E-state index in [9.17, 15) is 0 Å². The lowest BCUT2D eigenvalue weighted by atomic mass is 9.86. The monoisotopic (exact) mass is 426 g/mol. The summed E-state index contributed by atoms with van der Waals surface area (Å²) < 4.78 is 2.16. The summed E-state index contributed by atoms with van der Waals surface area (Å²) in [5, 5.41) is 0. The van der Waals surface area contributed by atoms with Gasteiger partial charge in [0.1, 0.15) is 5.65 Å². The third kappa shape index (κ3) is 4.71. The Morgan fingerprint density at radius 3 is 2.22 bits per heavy atom. The molecule has 0 saturated carbocycles. The quantitative estimate of drug-likeness (QED) is 0.394. The number of imidazole rings is 1. The number of hydrogen-bond donors (Lipinski definition) is 1. The highest BCUT2D eigenvalue weighted by molar-refractivity contribution is 5.68. The molecule has 4 rings (SSSR count). The van der Waals surface area contributed by atoms with Gasteiger partial charge in [-0.2, -0.15) is 0 Å². The van der Waals surface area contributed by atoms with Crippen LogP contribution in [0.15, 0.2) is 72.9 Å². The van der Waals surface area contributed by atoms with Crippen molar-refractivity contribution in [2.24, 2.45) is 0 Å². The van der Waals surface area contributed by atoms with E-state index in [1.54, 1.807) is 0 Å². The van der Waals surface area contributed by atoms with Crippen molar-refractivity contribution in [2.75, 3.05) is 5.73 Å². The molecule has 0 spiro atoms. The van der Waals surface area contributed by atoms with Crippen LogP contribution in [0.1, 0.15) is 51.4 Å². The van der Waals surface area contributed by atoms with Gasteiger partial charge in [0.05, 0.1) is 11.4 Å². The van der Waals surface area contributed by atoms with E-state index in [-0.39, 0.29) is 5.41 Å². The first-order valence-corrected chi connectivity index (χ1v) is 11.4. The first kappa shape index (κ1) is 22.1. The van der Waals surface area contributed by atoms with Gasteiger partial charge in [-0.05, 0) is 42.5 Å². The summed E-state index contributed by atoms with van der Waals surface area (Å²) in [5.74, 6) is 0. The van der Waals surface area contributed by atoms with Crippen LogP contribution in [0, 0.1) is 0 Å². The average Bonchev–Trinajstić information content (AvgIpc) is 3.11. The summed E-state index contributed by atoms with van der Waals surface area (Å²) in [6.45, 7) is 12.9. The maximum absolute atomic E-state index is 6.16. The van der Waals surface area contributed by atoms with Gasteiger partial charge in [0.25, 0.3) is 0 Å². The highest BCUT2D eigenvalue weighted by atomic mass is 15.2. The second kappa shape index (κ2) is 8.79. The smallest absolute Gasteiger partial charge is 0.137 e. The molecule has 32 heavy (non-hydrogen) atoms. The first-order valence-electron chi connectivity index (χ1n) is 11.4. The van der Waals surface area contributed by atoms with Gasteiger partial charge >= 0.3 is 0 Å². The molecule has 0 aliphatic carbocycles. The van der Waals surface area contributed by atoms with Crippen LogP contribution in [0.4, 0.5) is 5.69 Å². The van der Waals surface area contributed by atoms with E-state index < -0.39 is 0 Å². The van der Waals surface area contributed by atoms with E-state index in [0.29, 0.717) is 6.04 Å². The van der Waals surface area contributed by atoms with Crippen molar-refractivity contribution in [3.05, 3.63) is 89.7 Å². The zero-order valence-corrected chi connectivity index (χ0v) is 19.8. The summed E-state index contributed by atoms with van der Waals surface area (Å²) in [6.07, 6.45) is 1.99. The summed E-state index contributed by atoms with van der Waals surface area (Å²) >= 11 is 0. The maximum Gasteiger partial charge on any atom is 0.137 e. The Labute approximate surface area is 191 Å². The lowest BCUT2D eigenvalue weighted by molar-refractivity contribution is 0.201. The van der Waals surface area contributed by atoms with Crippen molar-refractivity contribution in [2.45, 2.75) is 59.2 Å². The fourth-order valence-corrected chi connectivity index (χ4v) is 4.05. The number of nitrogens with two attached hydrogens (primary N) is 1. The molecule has 0 aliphatic heterocycles. The summed E-state index contributed by atoms with van der Waals surface area (Å²) in [5.41, 5.74) is 13.9. The van der Waals surface area contributed by atoms with E-state index >= 15 is 0 Å². The normalized spacial score (nSPS) is 12.2. The average molecular weight is 427 g/mol. The zero-order chi connectivity index (χ0) is 22.9. The third-order valence-electron chi connectivity index (χ3n) is 6.08.